The first-order valence-electron chi connectivity index (χ1n) is 7.03. The number of benzene rings is 1. The van der Waals surface area contributed by atoms with E-state index in [1.807, 2.05) is 0 Å². The summed E-state index contributed by atoms with van der Waals surface area (Å²) >= 11 is 5.92. The normalized spacial score (nSPS) is 18.0. The van der Waals surface area contributed by atoms with E-state index < -0.39 is 10.0 Å². The Morgan fingerprint density at radius 3 is 2.62 bits per heavy atom. The third-order valence-electron chi connectivity index (χ3n) is 4.05. The minimum atomic E-state index is -3.58. The predicted molar refractivity (Wildman–Crippen MR) is 86.0 cm³/mol. The van der Waals surface area contributed by atoms with E-state index in [1.165, 1.54) is 6.07 Å². The highest BCUT2D eigenvalue weighted by molar-refractivity contribution is 7.89. The summed E-state index contributed by atoms with van der Waals surface area (Å²) in [6.45, 7) is 4.17. The van der Waals surface area contributed by atoms with E-state index >= 15 is 0 Å². The van der Waals surface area contributed by atoms with Gasteiger partial charge in [0.2, 0.25) is 10.0 Å². The van der Waals surface area contributed by atoms with E-state index in [4.69, 9.17) is 17.3 Å². The summed E-state index contributed by atoms with van der Waals surface area (Å²) in [6, 6.07) is 3.01. The van der Waals surface area contributed by atoms with Crippen molar-refractivity contribution in [3.8, 4) is 0 Å². The number of nitrogens with one attached hydrogen (secondary N) is 1. The highest BCUT2D eigenvalue weighted by Crippen LogP contribution is 2.26. The van der Waals surface area contributed by atoms with Crippen LogP contribution >= 0.6 is 11.6 Å². The van der Waals surface area contributed by atoms with E-state index in [2.05, 4.69) is 16.7 Å². The Bertz CT molecular complexity index is 611. The number of nitrogens with two attached hydrogens (primary N) is 1. The zero-order valence-corrected chi connectivity index (χ0v) is 14.0. The molecule has 1 aromatic rings. The molecule has 118 valence electrons. The molecular formula is C14H22ClN3O2S. The minimum Gasteiger partial charge on any atom is -0.398 e. The number of piperidine rings is 1. The van der Waals surface area contributed by atoms with Gasteiger partial charge in [0, 0.05) is 17.3 Å². The molecule has 1 fully saturated rings. The monoisotopic (exact) mass is 331 g/mol. The van der Waals surface area contributed by atoms with Gasteiger partial charge < -0.3 is 10.6 Å². The molecule has 0 aliphatic carbocycles. The van der Waals surface area contributed by atoms with Crippen molar-refractivity contribution in [2.24, 2.45) is 5.92 Å². The van der Waals surface area contributed by atoms with Crippen molar-refractivity contribution in [1.82, 2.24) is 9.62 Å². The molecule has 0 spiro atoms. The molecule has 1 aliphatic rings. The average Bonchev–Trinajstić information content (AvgIpc) is 2.42. The summed E-state index contributed by atoms with van der Waals surface area (Å²) in [5.74, 6) is 0.382. The second-order valence-corrected chi connectivity index (χ2v) is 7.89. The average molecular weight is 332 g/mol. The molecule has 0 saturated carbocycles. The van der Waals surface area contributed by atoms with Crippen molar-refractivity contribution in [1.29, 1.82) is 0 Å². The first-order valence-corrected chi connectivity index (χ1v) is 8.89. The van der Waals surface area contributed by atoms with Crippen LogP contribution in [0.3, 0.4) is 0 Å². The van der Waals surface area contributed by atoms with Crippen molar-refractivity contribution in [3.63, 3.8) is 0 Å². The first kappa shape index (κ1) is 16.5. The molecule has 0 unspecified atom stereocenters. The first-order chi connectivity index (χ1) is 9.79. The molecule has 7 heteroatoms. The predicted octanol–water partition coefficient (Wildman–Crippen LogP) is 1.85. The molecule has 1 saturated heterocycles. The summed E-state index contributed by atoms with van der Waals surface area (Å²) in [4.78, 5) is 2.42. The van der Waals surface area contributed by atoms with Gasteiger partial charge in [0.15, 0.2) is 0 Å². The molecule has 3 N–H and O–H groups in total. The van der Waals surface area contributed by atoms with E-state index in [9.17, 15) is 8.42 Å². The van der Waals surface area contributed by atoms with E-state index in [-0.39, 0.29) is 4.90 Å². The molecule has 0 radical (unpaired) electrons. The second kappa shape index (κ2) is 6.52. The molecule has 0 bridgehead atoms. The summed E-state index contributed by atoms with van der Waals surface area (Å²) in [5.41, 5.74) is 6.72. The van der Waals surface area contributed by atoms with Crippen molar-refractivity contribution >= 4 is 27.3 Å². The molecule has 0 atom stereocenters. The highest BCUT2D eigenvalue weighted by atomic mass is 35.5. The van der Waals surface area contributed by atoms with Gasteiger partial charge in [-0.2, -0.15) is 0 Å². The number of hydrogen-bond donors (Lipinski definition) is 2. The molecule has 1 heterocycles. The smallest absolute Gasteiger partial charge is 0.240 e. The van der Waals surface area contributed by atoms with E-state index in [1.54, 1.807) is 13.0 Å². The maximum absolute atomic E-state index is 12.4. The van der Waals surface area contributed by atoms with Crippen LogP contribution in [0, 0.1) is 12.8 Å². The Morgan fingerprint density at radius 1 is 1.38 bits per heavy atom. The quantitative estimate of drug-likeness (QED) is 0.826. The molecular weight excluding hydrogens is 310 g/mol. The Labute approximate surface area is 131 Å². The Hall–Kier alpha value is -0.820. The lowest BCUT2D eigenvalue weighted by molar-refractivity contribution is 0.220. The highest BCUT2D eigenvalue weighted by Gasteiger charge is 2.22. The maximum Gasteiger partial charge on any atom is 0.240 e. The summed E-state index contributed by atoms with van der Waals surface area (Å²) < 4.78 is 27.6. The number of nitrogens with zero attached hydrogens (tertiary/aromatic N) is 1. The number of rotatable bonds is 4. The maximum atomic E-state index is 12.4. The van der Waals surface area contributed by atoms with E-state index in [0.29, 0.717) is 28.7 Å². The van der Waals surface area contributed by atoms with Crippen molar-refractivity contribution in [2.75, 3.05) is 32.4 Å². The summed E-state index contributed by atoms with van der Waals surface area (Å²) in [6.07, 6.45) is 2.02. The Balaban J connectivity index is 2.09. The van der Waals surface area contributed by atoms with Crippen LogP contribution in [-0.2, 0) is 10.0 Å². The lowest BCUT2D eigenvalue weighted by Crippen LogP contribution is -2.37. The van der Waals surface area contributed by atoms with Crippen LogP contribution in [0.4, 0.5) is 5.69 Å². The van der Waals surface area contributed by atoms with Crippen LogP contribution < -0.4 is 10.5 Å². The van der Waals surface area contributed by atoms with Crippen molar-refractivity contribution < 1.29 is 8.42 Å². The minimum absolute atomic E-state index is 0.167. The van der Waals surface area contributed by atoms with Crippen LogP contribution in [0.25, 0.3) is 0 Å². The third kappa shape index (κ3) is 4.10. The number of nitrogen functional groups attached to an aromatic ring is 1. The molecule has 1 aliphatic heterocycles. The largest absolute Gasteiger partial charge is 0.398 e. The van der Waals surface area contributed by atoms with Crippen LogP contribution in [0.5, 0.6) is 0 Å². The summed E-state index contributed by atoms with van der Waals surface area (Å²) in [7, 11) is -1.50. The fourth-order valence-corrected chi connectivity index (χ4v) is 4.23. The molecule has 0 amide bonds. The van der Waals surface area contributed by atoms with Crippen molar-refractivity contribution in [2.45, 2.75) is 24.7 Å². The van der Waals surface area contributed by atoms with Gasteiger partial charge in [-0.3, -0.25) is 0 Å². The second-order valence-electron chi connectivity index (χ2n) is 5.72. The molecule has 5 nitrogen and oxygen atoms in total. The Kier molecular flexibility index (Phi) is 5.14. The van der Waals surface area contributed by atoms with Gasteiger partial charge in [-0.25, -0.2) is 13.1 Å². The van der Waals surface area contributed by atoms with Crippen LogP contribution in [0.2, 0.25) is 5.02 Å². The van der Waals surface area contributed by atoms with Gasteiger partial charge >= 0.3 is 0 Å². The molecule has 1 aromatic carbocycles. The van der Waals surface area contributed by atoms with Gasteiger partial charge in [-0.15, -0.1) is 0 Å². The van der Waals surface area contributed by atoms with E-state index in [0.717, 1.165) is 25.9 Å². The lowest BCUT2D eigenvalue weighted by Gasteiger charge is -2.29. The zero-order valence-electron chi connectivity index (χ0n) is 12.4. The van der Waals surface area contributed by atoms with Gasteiger partial charge in [-0.1, -0.05) is 11.6 Å². The lowest BCUT2D eigenvalue weighted by atomic mass is 9.98. The third-order valence-corrected chi connectivity index (χ3v) is 5.82. The van der Waals surface area contributed by atoms with Crippen LogP contribution in [-0.4, -0.2) is 40.0 Å². The molecule has 2 rings (SSSR count). The fraction of sp³-hybridized carbons (Fsp3) is 0.571. The van der Waals surface area contributed by atoms with Gasteiger partial charge in [0.05, 0.1) is 4.90 Å². The Morgan fingerprint density at radius 2 is 2.00 bits per heavy atom. The topological polar surface area (TPSA) is 75.4 Å². The van der Waals surface area contributed by atoms with Gasteiger partial charge in [0.1, 0.15) is 0 Å². The SMILES string of the molecule is Cc1c(N)cc(Cl)cc1S(=O)(=O)NCC1CCN(C)CC1. The zero-order chi connectivity index (χ0) is 15.6. The standard InChI is InChI=1S/C14H22ClN3O2S/c1-10-13(16)7-12(15)8-14(10)21(19,20)17-9-11-3-5-18(2)6-4-11/h7-8,11,17H,3-6,9,16H2,1-2H3. The van der Waals surface area contributed by atoms with Crippen molar-refractivity contribution in [3.05, 3.63) is 22.7 Å². The number of anilines is 1. The summed E-state index contributed by atoms with van der Waals surface area (Å²) in [5, 5.41) is 0.331. The number of likely N-dealkylation sites (tertiary alicyclic amines) is 1. The molecule has 0 aromatic heterocycles. The number of sulfonamides is 1. The van der Waals surface area contributed by atoms with Gasteiger partial charge in [0.25, 0.3) is 0 Å². The van der Waals surface area contributed by atoms with Crippen LogP contribution in [0.1, 0.15) is 18.4 Å². The molecule has 21 heavy (non-hydrogen) atoms. The van der Waals surface area contributed by atoms with Crippen LogP contribution in [0.15, 0.2) is 17.0 Å². The fourth-order valence-electron chi connectivity index (χ4n) is 2.52. The van der Waals surface area contributed by atoms with Gasteiger partial charge in [-0.05, 0) is 63.5 Å². The number of hydrogen-bond acceptors (Lipinski definition) is 4. The number of halogens is 1.